The van der Waals surface area contributed by atoms with E-state index in [-0.39, 0.29) is 0 Å². The molecule has 0 unspecified atom stereocenters. The van der Waals surface area contributed by atoms with Gasteiger partial charge in [0.1, 0.15) is 5.15 Å². The Hall–Kier alpha value is -0.840. The third-order valence-electron chi connectivity index (χ3n) is 1.77. The average Bonchev–Trinajstić information content (AvgIpc) is 2.18. The van der Waals surface area contributed by atoms with Crippen LogP contribution in [0.2, 0.25) is 5.15 Å². The summed E-state index contributed by atoms with van der Waals surface area (Å²) in [6.07, 6.45) is 2.29. The molecule has 78 valence electrons. The lowest BCUT2D eigenvalue weighted by Crippen LogP contribution is -2.10. The molecule has 0 amide bonds. The van der Waals surface area contributed by atoms with Gasteiger partial charge >= 0.3 is 0 Å². The van der Waals surface area contributed by atoms with Crippen LogP contribution in [0.25, 0.3) is 0 Å². The van der Waals surface area contributed by atoms with Crippen LogP contribution in [-0.4, -0.2) is 24.7 Å². The van der Waals surface area contributed by atoms with E-state index >= 15 is 0 Å². The average molecular weight is 216 g/mol. The predicted molar refractivity (Wildman–Crippen MR) is 57.2 cm³/mol. The van der Waals surface area contributed by atoms with Crippen molar-refractivity contribution in [2.24, 2.45) is 5.73 Å². The minimum Gasteiger partial charge on any atom is -0.397 e. The Kier molecular flexibility index (Phi) is 4.65. The molecule has 0 bridgehead atoms. The second-order valence-corrected chi connectivity index (χ2v) is 3.24. The molecule has 0 aromatic carbocycles. The summed E-state index contributed by atoms with van der Waals surface area (Å²) in [6.45, 7) is 1.70. The van der Waals surface area contributed by atoms with Crippen LogP contribution in [0.1, 0.15) is 5.56 Å². The third kappa shape index (κ3) is 3.49. The molecule has 0 radical (unpaired) electrons. The summed E-state index contributed by atoms with van der Waals surface area (Å²) < 4.78 is 5.24. The van der Waals surface area contributed by atoms with Crippen LogP contribution in [0.15, 0.2) is 12.3 Å². The molecule has 5 heteroatoms. The highest BCUT2D eigenvalue weighted by Gasteiger charge is 2.00. The van der Waals surface area contributed by atoms with Crippen LogP contribution in [0.4, 0.5) is 5.69 Å². The number of nitrogen functional groups attached to an aromatic ring is 1. The number of aromatic nitrogens is 1. The summed E-state index contributed by atoms with van der Waals surface area (Å²) >= 11 is 5.73. The van der Waals surface area contributed by atoms with Crippen LogP contribution in [0, 0.1) is 0 Å². The molecule has 4 N–H and O–H groups in total. The van der Waals surface area contributed by atoms with E-state index in [0.717, 1.165) is 12.0 Å². The largest absolute Gasteiger partial charge is 0.397 e. The summed E-state index contributed by atoms with van der Waals surface area (Å²) in [7, 11) is 0. The molecule has 0 spiro atoms. The summed E-state index contributed by atoms with van der Waals surface area (Å²) in [5, 5.41) is 0.452. The molecular weight excluding hydrogens is 202 g/mol. The van der Waals surface area contributed by atoms with Crippen LogP contribution in [0.5, 0.6) is 0 Å². The first-order chi connectivity index (χ1) is 6.74. The van der Waals surface area contributed by atoms with Crippen LogP contribution in [-0.2, 0) is 11.2 Å². The van der Waals surface area contributed by atoms with Crippen molar-refractivity contribution in [3.05, 3.63) is 23.0 Å². The van der Waals surface area contributed by atoms with Gasteiger partial charge < -0.3 is 16.2 Å². The summed E-state index contributed by atoms with van der Waals surface area (Å²) in [5.41, 5.74) is 12.6. The summed E-state index contributed by atoms with van der Waals surface area (Å²) in [4.78, 5) is 3.86. The number of hydrogen-bond donors (Lipinski definition) is 2. The van der Waals surface area contributed by atoms with E-state index in [1.165, 1.54) is 0 Å². The first-order valence-electron chi connectivity index (χ1n) is 4.41. The fraction of sp³-hybridized carbons (Fsp3) is 0.444. The first kappa shape index (κ1) is 11.2. The van der Waals surface area contributed by atoms with E-state index in [2.05, 4.69) is 4.98 Å². The fourth-order valence-corrected chi connectivity index (χ4v) is 1.24. The van der Waals surface area contributed by atoms with Gasteiger partial charge in [0.2, 0.25) is 0 Å². The number of ether oxygens (including phenoxy) is 1. The number of hydrogen-bond acceptors (Lipinski definition) is 4. The molecule has 0 aliphatic carbocycles. The lowest BCUT2D eigenvalue weighted by molar-refractivity contribution is 0.145. The van der Waals surface area contributed by atoms with Crippen molar-refractivity contribution < 1.29 is 4.74 Å². The molecule has 0 saturated heterocycles. The molecule has 0 aliphatic rings. The summed E-state index contributed by atoms with van der Waals surface area (Å²) in [6, 6.07) is 1.75. The van der Waals surface area contributed by atoms with Crippen LogP contribution in [0.3, 0.4) is 0 Å². The zero-order valence-electron chi connectivity index (χ0n) is 7.87. The van der Waals surface area contributed by atoms with Crippen molar-refractivity contribution in [3.8, 4) is 0 Å². The van der Waals surface area contributed by atoms with Gasteiger partial charge in [0, 0.05) is 6.54 Å². The SMILES string of the molecule is NCCOCCc1cc(Cl)ncc1N. The molecule has 0 atom stereocenters. The molecule has 14 heavy (non-hydrogen) atoms. The van der Waals surface area contributed by atoms with Gasteiger partial charge in [-0.1, -0.05) is 11.6 Å². The van der Waals surface area contributed by atoms with Gasteiger partial charge in [-0.05, 0) is 18.1 Å². The number of nitrogens with zero attached hydrogens (tertiary/aromatic N) is 1. The monoisotopic (exact) mass is 215 g/mol. The number of nitrogens with two attached hydrogens (primary N) is 2. The summed E-state index contributed by atoms with van der Waals surface area (Å²) in [5.74, 6) is 0. The Morgan fingerprint density at radius 3 is 2.93 bits per heavy atom. The van der Waals surface area contributed by atoms with Crippen molar-refractivity contribution >= 4 is 17.3 Å². The highest BCUT2D eigenvalue weighted by Crippen LogP contribution is 2.15. The third-order valence-corrected chi connectivity index (χ3v) is 1.98. The zero-order chi connectivity index (χ0) is 10.4. The Morgan fingerprint density at radius 1 is 1.43 bits per heavy atom. The minimum absolute atomic E-state index is 0.452. The maximum Gasteiger partial charge on any atom is 0.129 e. The standard InChI is InChI=1S/C9H14ClN3O/c10-9-5-7(8(12)6-13-9)1-3-14-4-2-11/h5-6H,1-4,11-12H2. The van der Waals surface area contributed by atoms with Crippen molar-refractivity contribution in [3.63, 3.8) is 0 Å². The van der Waals surface area contributed by atoms with E-state index in [4.69, 9.17) is 27.8 Å². The Balaban J connectivity index is 2.45. The molecule has 1 aromatic heterocycles. The smallest absolute Gasteiger partial charge is 0.129 e. The van der Waals surface area contributed by atoms with Gasteiger partial charge in [0.15, 0.2) is 0 Å². The van der Waals surface area contributed by atoms with Crippen molar-refractivity contribution in [1.29, 1.82) is 0 Å². The maximum atomic E-state index is 5.73. The maximum absolute atomic E-state index is 5.73. The Morgan fingerprint density at radius 2 is 2.21 bits per heavy atom. The van der Waals surface area contributed by atoms with Crippen molar-refractivity contribution in [1.82, 2.24) is 4.98 Å². The normalized spacial score (nSPS) is 10.4. The van der Waals surface area contributed by atoms with Crippen molar-refractivity contribution in [2.75, 3.05) is 25.5 Å². The van der Waals surface area contributed by atoms with Gasteiger partial charge in [-0.2, -0.15) is 0 Å². The lowest BCUT2D eigenvalue weighted by Gasteiger charge is -2.05. The predicted octanol–water partition coefficient (Wildman–Crippen LogP) is 0.835. The molecular formula is C9H14ClN3O. The topological polar surface area (TPSA) is 74.2 Å². The molecule has 1 rings (SSSR count). The number of rotatable bonds is 5. The van der Waals surface area contributed by atoms with E-state index in [1.54, 1.807) is 12.3 Å². The molecule has 0 aliphatic heterocycles. The molecule has 1 aromatic rings. The molecule has 0 saturated carbocycles. The zero-order valence-corrected chi connectivity index (χ0v) is 8.63. The number of anilines is 1. The number of halogens is 1. The molecule has 1 heterocycles. The van der Waals surface area contributed by atoms with Gasteiger partial charge in [-0.3, -0.25) is 0 Å². The lowest BCUT2D eigenvalue weighted by atomic mass is 10.2. The van der Waals surface area contributed by atoms with Gasteiger partial charge in [0.05, 0.1) is 25.1 Å². The van der Waals surface area contributed by atoms with Crippen molar-refractivity contribution in [2.45, 2.75) is 6.42 Å². The Bertz CT molecular complexity index is 293. The molecule has 0 fully saturated rings. The minimum atomic E-state index is 0.452. The fourth-order valence-electron chi connectivity index (χ4n) is 1.06. The van der Waals surface area contributed by atoms with E-state index in [0.29, 0.717) is 30.6 Å². The highest BCUT2D eigenvalue weighted by molar-refractivity contribution is 6.29. The molecule has 4 nitrogen and oxygen atoms in total. The first-order valence-corrected chi connectivity index (χ1v) is 4.79. The quantitative estimate of drug-likeness (QED) is 0.564. The highest BCUT2D eigenvalue weighted by atomic mass is 35.5. The second kappa shape index (κ2) is 5.80. The Labute approximate surface area is 88.2 Å². The van der Waals surface area contributed by atoms with E-state index in [1.807, 2.05) is 0 Å². The van der Waals surface area contributed by atoms with Gasteiger partial charge in [-0.15, -0.1) is 0 Å². The number of pyridine rings is 1. The van der Waals surface area contributed by atoms with Crippen LogP contribution < -0.4 is 11.5 Å². The second-order valence-electron chi connectivity index (χ2n) is 2.86. The van der Waals surface area contributed by atoms with E-state index < -0.39 is 0 Å². The van der Waals surface area contributed by atoms with Crippen LogP contribution >= 0.6 is 11.6 Å². The van der Waals surface area contributed by atoms with E-state index in [9.17, 15) is 0 Å². The van der Waals surface area contributed by atoms with Gasteiger partial charge in [0.25, 0.3) is 0 Å². The van der Waals surface area contributed by atoms with Gasteiger partial charge in [-0.25, -0.2) is 4.98 Å².